The maximum Gasteiger partial charge on any atom is 0.416 e. The van der Waals surface area contributed by atoms with Crippen molar-refractivity contribution in [1.29, 1.82) is 0 Å². The summed E-state index contributed by atoms with van der Waals surface area (Å²) in [5, 5.41) is 5.83. The van der Waals surface area contributed by atoms with Crippen molar-refractivity contribution in [3.63, 3.8) is 0 Å². The number of hydrazone groups is 1. The third kappa shape index (κ3) is 7.60. The van der Waals surface area contributed by atoms with Gasteiger partial charge in [0.05, 0.1) is 18.4 Å². The molecule has 0 atom stereocenters. The zero-order valence-electron chi connectivity index (χ0n) is 18.6. The SMILES string of the molecule is CCOc1cc(/C=N/NC(=O)C(=O)Nc2cccc(C(F)(F)F)c2)ccc1OCc1ccccc1. The predicted molar refractivity (Wildman–Crippen MR) is 124 cm³/mol. The molecule has 0 aliphatic heterocycles. The number of amides is 2. The molecule has 0 aromatic heterocycles. The minimum atomic E-state index is -4.57. The second-order valence-electron chi connectivity index (χ2n) is 7.15. The molecule has 0 unspecified atom stereocenters. The Balaban J connectivity index is 1.59. The van der Waals surface area contributed by atoms with Gasteiger partial charge >= 0.3 is 18.0 Å². The monoisotopic (exact) mass is 485 g/mol. The third-order valence-electron chi connectivity index (χ3n) is 4.54. The lowest BCUT2D eigenvalue weighted by atomic mass is 10.2. The molecule has 10 heteroatoms. The fourth-order valence-corrected chi connectivity index (χ4v) is 2.91. The molecule has 3 rings (SSSR count). The maximum absolute atomic E-state index is 12.8. The van der Waals surface area contributed by atoms with Gasteiger partial charge in [0.15, 0.2) is 11.5 Å². The van der Waals surface area contributed by atoms with Crippen LogP contribution in [-0.4, -0.2) is 24.6 Å². The molecule has 0 saturated heterocycles. The van der Waals surface area contributed by atoms with Gasteiger partial charge in [-0.25, -0.2) is 5.43 Å². The molecule has 2 N–H and O–H groups in total. The number of ether oxygens (including phenoxy) is 2. The molecule has 3 aromatic rings. The third-order valence-corrected chi connectivity index (χ3v) is 4.54. The smallest absolute Gasteiger partial charge is 0.416 e. The van der Waals surface area contributed by atoms with Gasteiger partial charge in [0.1, 0.15) is 6.61 Å². The van der Waals surface area contributed by atoms with Gasteiger partial charge in [-0.15, -0.1) is 0 Å². The number of nitrogens with one attached hydrogen (secondary N) is 2. The zero-order chi connectivity index (χ0) is 25.3. The summed E-state index contributed by atoms with van der Waals surface area (Å²) in [6, 6.07) is 18.6. The predicted octanol–water partition coefficient (Wildman–Crippen LogP) is 4.77. The molecular weight excluding hydrogens is 463 g/mol. The van der Waals surface area contributed by atoms with E-state index in [4.69, 9.17) is 9.47 Å². The van der Waals surface area contributed by atoms with E-state index < -0.39 is 23.6 Å². The quantitative estimate of drug-likeness (QED) is 0.273. The Morgan fingerprint density at radius 2 is 1.69 bits per heavy atom. The van der Waals surface area contributed by atoms with Crippen LogP contribution in [0.5, 0.6) is 11.5 Å². The number of carbonyl (C=O) groups is 2. The fraction of sp³-hybridized carbons (Fsp3) is 0.160. The van der Waals surface area contributed by atoms with Gasteiger partial charge in [0.2, 0.25) is 0 Å². The van der Waals surface area contributed by atoms with Gasteiger partial charge in [-0.2, -0.15) is 18.3 Å². The van der Waals surface area contributed by atoms with E-state index in [-0.39, 0.29) is 5.69 Å². The molecule has 0 aliphatic rings. The Labute approximate surface area is 199 Å². The first-order valence-electron chi connectivity index (χ1n) is 10.5. The number of benzene rings is 3. The number of halogens is 3. The van der Waals surface area contributed by atoms with Crippen LogP contribution in [-0.2, 0) is 22.4 Å². The van der Waals surface area contributed by atoms with E-state index in [0.29, 0.717) is 30.3 Å². The summed E-state index contributed by atoms with van der Waals surface area (Å²) in [6.45, 7) is 2.57. The molecule has 0 heterocycles. The average molecular weight is 485 g/mol. The number of nitrogens with zero attached hydrogens (tertiary/aromatic N) is 1. The van der Waals surface area contributed by atoms with E-state index in [1.807, 2.05) is 42.7 Å². The van der Waals surface area contributed by atoms with Crippen LogP contribution in [0.3, 0.4) is 0 Å². The number of hydrogen-bond acceptors (Lipinski definition) is 5. The molecule has 0 saturated carbocycles. The molecule has 0 spiro atoms. The molecule has 182 valence electrons. The van der Waals surface area contributed by atoms with E-state index in [1.54, 1.807) is 18.2 Å². The van der Waals surface area contributed by atoms with Crippen molar-refractivity contribution in [3.8, 4) is 11.5 Å². The summed E-state index contributed by atoms with van der Waals surface area (Å²) >= 11 is 0. The van der Waals surface area contributed by atoms with Crippen LogP contribution in [0.1, 0.15) is 23.6 Å². The van der Waals surface area contributed by atoms with Crippen LogP contribution < -0.4 is 20.2 Å². The fourth-order valence-electron chi connectivity index (χ4n) is 2.91. The first-order chi connectivity index (χ1) is 16.8. The van der Waals surface area contributed by atoms with Crippen LogP contribution in [0, 0.1) is 0 Å². The highest BCUT2D eigenvalue weighted by Gasteiger charge is 2.30. The Hall–Kier alpha value is -4.34. The minimum absolute atomic E-state index is 0.170. The Morgan fingerprint density at radius 3 is 2.40 bits per heavy atom. The molecule has 35 heavy (non-hydrogen) atoms. The van der Waals surface area contributed by atoms with Crippen molar-refractivity contribution < 1.29 is 32.2 Å². The maximum atomic E-state index is 12.8. The van der Waals surface area contributed by atoms with Crippen molar-refractivity contribution >= 4 is 23.7 Å². The van der Waals surface area contributed by atoms with Crippen molar-refractivity contribution in [2.75, 3.05) is 11.9 Å². The molecule has 0 bridgehead atoms. The van der Waals surface area contributed by atoms with E-state index in [9.17, 15) is 22.8 Å². The lowest BCUT2D eigenvalue weighted by Gasteiger charge is -2.12. The van der Waals surface area contributed by atoms with Crippen LogP contribution in [0.15, 0.2) is 77.9 Å². The largest absolute Gasteiger partial charge is 0.490 e. The van der Waals surface area contributed by atoms with Gasteiger partial charge in [-0.3, -0.25) is 9.59 Å². The zero-order valence-corrected chi connectivity index (χ0v) is 18.6. The summed E-state index contributed by atoms with van der Waals surface area (Å²) in [4.78, 5) is 23.9. The minimum Gasteiger partial charge on any atom is -0.490 e. The van der Waals surface area contributed by atoms with Crippen molar-refractivity contribution in [3.05, 3.63) is 89.5 Å². The lowest BCUT2D eigenvalue weighted by Crippen LogP contribution is -2.32. The van der Waals surface area contributed by atoms with E-state index in [2.05, 4.69) is 10.4 Å². The number of hydrogen-bond donors (Lipinski definition) is 2. The number of rotatable bonds is 8. The van der Waals surface area contributed by atoms with Crippen LogP contribution in [0.2, 0.25) is 0 Å². The van der Waals surface area contributed by atoms with Gasteiger partial charge in [0, 0.05) is 5.69 Å². The standard InChI is InChI=1S/C25H22F3N3O4/c1-2-34-22-13-18(11-12-21(22)35-16-17-7-4-3-5-8-17)15-29-31-24(33)23(32)30-20-10-6-9-19(14-20)25(26,27)28/h3-15H,2,16H2,1H3,(H,30,32)(H,31,33)/b29-15+. The van der Waals surface area contributed by atoms with Gasteiger partial charge in [-0.05, 0) is 54.4 Å². The van der Waals surface area contributed by atoms with E-state index in [1.165, 1.54) is 12.3 Å². The highest BCUT2D eigenvalue weighted by atomic mass is 19.4. The van der Waals surface area contributed by atoms with Crippen molar-refractivity contribution in [1.82, 2.24) is 5.43 Å². The van der Waals surface area contributed by atoms with Gasteiger partial charge in [-0.1, -0.05) is 36.4 Å². The summed E-state index contributed by atoms with van der Waals surface area (Å²) in [7, 11) is 0. The summed E-state index contributed by atoms with van der Waals surface area (Å²) < 4.78 is 49.8. The summed E-state index contributed by atoms with van der Waals surface area (Å²) in [6.07, 6.45) is -3.28. The first kappa shape index (κ1) is 25.3. The molecule has 2 amide bonds. The second-order valence-corrected chi connectivity index (χ2v) is 7.15. The van der Waals surface area contributed by atoms with Gasteiger partial charge < -0.3 is 14.8 Å². The second kappa shape index (κ2) is 11.7. The first-order valence-corrected chi connectivity index (χ1v) is 10.5. The van der Waals surface area contributed by atoms with Crippen molar-refractivity contribution in [2.24, 2.45) is 5.10 Å². The van der Waals surface area contributed by atoms with Crippen LogP contribution in [0.4, 0.5) is 18.9 Å². The highest BCUT2D eigenvalue weighted by molar-refractivity contribution is 6.39. The number of carbonyl (C=O) groups excluding carboxylic acids is 2. The Bertz CT molecular complexity index is 1200. The Kier molecular flexibility index (Phi) is 8.44. The van der Waals surface area contributed by atoms with E-state index >= 15 is 0 Å². The lowest BCUT2D eigenvalue weighted by molar-refractivity contribution is -0.137. The average Bonchev–Trinajstić information content (AvgIpc) is 2.84. The molecule has 0 aliphatic carbocycles. The number of anilines is 1. The van der Waals surface area contributed by atoms with Crippen LogP contribution >= 0.6 is 0 Å². The highest BCUT2D eigenvalue weighted by Crippen LogP contribution is 2.31. The summed E-state index contributed by atoms with van der Waals surface area (Å²) in [5.74, 6) is -1.31. The molecule has 0 radical (unpaired) electrons. The van der Waals surface area contributed by atoms with Gasteiger partial charge in [0.25, 0.3) is 0 Å². The molecular formula is C25H22F3N3O4. The number of alkyl halides is 3. The van der Waals surface area contributed by atoms with E-state index in [0.717, 1.165) is 23.8 Å². The Morgan fingerprint density at radius 1 is 0.914 bits per heavy atom. The molecule has 3 aromatic carbocycles. The topological polar surface area (TPSA) is 89.0 Å². The molecule has 0 fully saturated rings. The molecule has 7 nitrogen and oxygen atoms in total. The summed E-state index contributed by atoms with van der Waals surface area (Å²) in [5.41, 5.74) is 2.46. The van der Waals surface area contributed by atoms with Crippen LogP contribution in [0.25, 0.3) is 0 Å². The van der Waals surface area contributed by atoms with Crippen molar-refractivity contribution in [2.45, 2.75) is 19.7 Å². The normalized spacial score (nSPS) is 11.2.